The number of unbranched alkanes of at least 4 members (excludes halogenated alkanes) is 53. The summed E-state index contributed by atoms with van der Waals surface area (Å²) in [5.74, 6) is -0.00760. The molecule has 0 spiro atoms. The zero-order chi connectivity index (χ0) is 52.9. The summed E-state index contributed by atoms with van der Waals surface area (Å²) in [7, 11) is 0. The van der Waals surface area contributed by atoms with Crippen LogP contribution in [0.4, 0.5) is 0 Å². The number of amides is 1. The highest BCUT2D eigenvalue weighted by Crippen LogP contribution is 2.19. The second kappa shape index (κ2) is 63.4. The Hall–Kier alpha value is -1.14. The highest BCUT2D eigenvalue weighted by molar-refractivity contribution is 5.76. The number of aliphatic hydroxyl groups excluding tert-OH is 2. The van der Waals surface area contributed by atoms with Crippen LogP contribution in [0.25, 0.3) is 0 Å². The van der Waals surface area contributed by atoms with Crippen molar-refractivity contribution in [2.24, 2.45) is 0 Å². The van der Waals surface area contributed by atoms with E-state index in [9.17, 15) is 19.8 Å². The number of carbonyl (C=O) groups is 2. The maximum atomic E-state index is 12.4. The lowest BCUT2D eigenvalue weighted by atomic mass is 10.0. The molecule has 0 saturated heterocycles. The summed E-state index contributed by atoms with van der Waals surface area (Å²) in [6.07, 6.45) is 75.8. The molecule has 1 amide bonds. The van der Waals surface area contributed by atoms with Crippen molar-refractivity contribution in [2.45, 2.75) is 405 Å². The summed E-state index contributed by atoms with van der Waals surface area (Å²) in [6, 6.07) is -0.536. The van der Waals surface area contributed by atoms with Crippen molar-refractivity contribution in [3.05, 3.63) is 0 Å². The van der Waals surface area contributed by atoms with Gasteiger partial charge in [0.25, 0.3) is 0 Å². The Balaban J connectivity index is 3.29. The Morgan fingerprint density at radius 1 is 0.329 bits per heavy atom. The van der Waals surface area contributed by atoms with Gasteiger partial charge in [-0.25, -0.2) is 0 Å². The van der Waals surface area contributed by atoms with Crippen LogP contribution in [-0.4, -0.2) is 47.4 Å². The van der Waals surface area contributed by atoms with Gasteiger partial charge in [0.05, 0.1) is 25.4 Å². The molecule has 0 aromatic rings. The number of carbonyl (C=O) groups excluding carboxylic acids is 2. The Morgan fingerprint density at radius 2 is 0.562 bits per heavy atom. The standard InChI is InChI=1S/C67H133NO5/c1-3-5-7-9-11-13-15-16-17-18-28-32-35-38-41-45-49-53-57-61-67(72)73-62-58-54-50-46-42-39-36-33-30-27-25-23-21-19-20-22-24-26-29-31-34-37-40-44-48-52-56-60-66(71)68-64(63-69)65(70)59-55-51-47-43-14-12-10-8-6-4-2/h64-65,69-70H,3-63H2,1-2H3,(H,68,71). The largest absolute Gasteiger partial charge is 0.466 e. The van der Waals surface area contributed by atoms with Crippen LogP contribution in [0.1, 0.15) is 393 Å². The van der Waals surface area contributed by atoms with Gasteiger partial charge in [-0.3, -0.25) is 9.59 Å². The molecule has 3 N–H and O–H groups in total. The maximum Gasteiger partial charge on any atom is 0.305 e. The van der Waals surface area contributed by atoms with Crippen molar-refractivity contribution in [3.63, 3.8) is 0 Å². The molecule has 0 bridgehead atoms. The highest BCUT2D eigenvalue weighted by atomic mass is 16.5. The molecule has 6 heteroatoms. The third-order valence-corrected chi connectivity index (χ3v) is 16.2. The molecule has 0 rings (SSSR count). The van der Waals surface area contributed by atoms with Crippen molar-refractivity contribution in [2.75, 3.05) is 13.2 Å². The first-order valence-corrected chi connectivity index (χ1v) is 33.8. The van der Waals surface area contributed by atoms with Crippen LogP contribution in [0.2, 0.25) is 0 Å². The van der Waals surface area contributed by atoms with Crippen LogP contribution in [0.5, 0.6) is 0 Å². The van der Waals surface area contributed by atoms with Gasteiger partial charge in [-0.2, -0.15) is 0 Å². The minimum Gasteiger partial charge on any atom is -0.466 e. The summed E-state index contributed by atoms with van der Waals surface area (Å²) >= 11 is 0. The minimum absolute atomic E-state index is 0.0239. The summed E-state index contributed by atoms with van der Waals surface area (Å²) in [6.45, 7) is 4.98. The van der Waals surface area contributed by atoms with E-state index in [2.05, 4.69) is 19.2 Å². The first kappa shape index (κ1) is 71.9. The summed E-state index contributed by atoms with van der Waals surface area (Å²) < 4.78 is 5.51. The SMILES string of the molecule is CCCCCCCCCCCCCCCCCCCCCC(=O)OCCCCCCCCCCCCCCCCCCCCCCCCCCCCCC(=O)NC(CO)C(O)CCCCCCCCCCCC. The van der Waals surface area contributed by atoms with Crippen LogP contribution in [0, 0.1) is 0 Å². The Labute approximate surface area is 457 Å². The van der Waals surface area contributed by atoms with Crippen molar-refractivity contribution < 1.29 is 24.5 Å². The number of nitrogens with one attached hydrogen (secondary N) is 1. The zero-order valence-corrected chi connectivity index (χ0v) is 49.9. The van der Waals surface area contributed by atoms with E-state index in [0.29, 0.717) is 25.9 Å². The van der Waals surface area contributed by atoms with Gasteiger partial charge in [0.1, 0.15) is 0 Å². The summed E-state index contributed by atoms with van der Waals surface area (Å²) in [4.78, 5) is 24.6. The van der Waals surface area contributed by atoms with Crippen LogP contribution < -0.4 is 5.32 Å². The van der Waals surface area contributed by atoms with E-state index in [-0.39, 0.29) is 18.5 Å². The number of hydrogen-bond acceptors (Lipinski definition) is 5. The molecular formula is C67H133NO5. The molecule has 0 aromatic carbocycles. The number of esters is 1. The maximum absolute atomic E-state index is 12.4. The van der Waals surface area contributed by atoms with E-state index in [1.165, 1.54) is 321 Å². The van der Waals surface area contributed by atoms with Crippen molar-refractivity contribution >= 4 is 11.9 Å². The normalized spacial score (nSPS) is 12.4. The zero-order valence-electron chi connectivity index (χ0n) is 49.9. The third-order valence-electron chi connectivity index (χ3n) is 16.2. The number of hydrogen-bond donors (Lipinski definition) is 3. The minimum atomic E-state index is -0.659. The Morgan fingerprint density at radius 3 is 0.836 bits per heavy atom. The van der Waals surface area contributed by atoms with Gasteiger partial charge >= 0.3 is 5.97 Å². The Bertz CT molecular complexity index is 1050. The van der Waals surface area contributed by atoms with Crippen LogP contribution in [0.3, 0.4) is 0 Å². The fourth-order valence-corrected chi connectivity index (χ4v) is 11.0. The monoisotopic (exact) mass is 1030 g/mol. The van der Waals surface area contributed by atoms with E-state index >= 15 is 0 Å². The van der Waals surface area contributed by atoms with Gasteiger partial charge in [0.2, 0.25) is 5.91 Å². The van der Waals surface area contributed by atoms with E-state index in [0.717, 1.165) is 38.5 Å². The Kier molecular flexibility index (Phi) is 62.4. The van der Waals surface area contributed by atoms with Crippen LogP contribution >= 0.6 is 0 Å². The van der Waals surface area contributed by atoms with Crippen LogP contribution in [-0.2, 0) is 14.3 Å². The van der Waals surface area contributed by atoms with Gasteiger partial charge < -0.3 is 20.3 Å². The van der Waals surface area contributed by atoms with Gasteiger partial charge in [-0.15, -0.1) is 0 Å². The molecule has 73 heavy (non-hydrogen) atoms. The fraction of sp³-hybridized carbons (Fsp3) is 0.970. The molecule has 0 aliphatic carbocycles. The number of ether oxygens (including phenoxy) is 1. The second-order valence-corrected chi connectivity index (χ2v) is 23.5. The molecule has 0 fully saturated rings. The van der Waals surface area contributed by atoms with Gasteiger partial charge in [0.15, 0.2) is 0 Å². The summed E-state index contributed by atoms with van der Waals surface area (Å²) in [5, 5.41) is 23.2. The first-order chi connectivity index (χ1) is 36.0. The molecule has 0 aliphatic rings. The van der Waals surface area contributed by atoms with Crippen molar-refractivity contribution in [1.29, 1.82) is 0 Å². The van der Waals surface area contributed by atoms with E-state index in [4.69, 9.17) is 4.74 Å². The third kappa shape index (κ3) is 60.0. The van der Waals surface area contributed by atoms with Gasteiger partial charge in [0, 0.05) is 12.8 Å². The highest BCUT2D eigenvalue weighted by Gasteiger charge is 2.20. The quantitative estimate of drug-likeness (QED) is 0.0417. The molecule has 436 valence electrons. The van der Waals surface area contributed by atoms with Gasteiger partial charge in [-0.05, 0) is 25.7 Å². The lowest BCUT2D eigenvalue weighted by Gasteiger charge is -2.22. The molecule has 0 aromatic heterocycles. The topological polar surface area (TPSA) is 95.9 Å². The molecule has 0 saturated carbocycles. The number of aliphatic hydroxyl groups is 2. The predicted octanol–water partition coefficient (Wildman–Crippen LogP) is 21.4. The number of rotatable bonds is 64. The van der Waals surface area contributed by atoms with Gasteiger partial charge in [-0.1, -0.05) is 354 Å². The summed E-state index contributed by atoms with van der Waals surface area (Å²) in [5.41, 5.74) is 0. The molecule has 0 aliphatic heterocycles. The molecule has 0 radical (unpaired) electrons. The molecule has 6 nitrogen and oxygen atoms in total. The molecule has 2 unspecified atom stereocenters. The predicted molar refractivity (Wildman–Crippen MR) is 320 cm³/mol. The van der Waals surface area contributed by atoms with E-state index in [1.807, 2.05) is 0 Å². The first-order valence-electron chi connectivity index (χ1n) is 33.8. The van der Waals surface area contributed by atoms with Crippen molar-refractivity contribution in [3.8, 4) is 0 Å². The smallest absolute Gasteiger partial charge is 0.305 e. The van der Waals surface area contributed by atoms with E-state index < -0.39 is 12.1 Å². The average Bonchev–Trinajstić information content (AvgIpc) is 3.39. The molecule has 0 heterocycles. The second-order valence-electron chi connectivity index (χ2n) is 23.5. The van der Waals surface area contributed by atoms with E-state index in [1.54, 1.807) is 0 Å². The van der Waals surface area contributed by atoms with Crippen LogP contribution in [0.15, 0.2) is 0 Å². The molecule has 2 atom stereocenters. The average molecular weight is 1030 g/mol. The fourth-order valence-electron chi connectivity index (χ4n) is 11.0. The molecular weight excluding hydrogens is 899 g/mol. The van der Waals surface area contributed by atoms with Crippen molar-refractivity contribution in [1.82, 2.24) is 5.32 Å². The lowest BCUT2D eigenvalue weighted by molar-refractivity contribution is -0.143. The lowest BCUT2D eigenvalue weighted by Crippen LogP contribution is -2.45.